The number of hydrogen-bond donors (Lipinski definition) is 0. The van der Waals surface area contributed by atoms with Crippen LogP contribution in [0.2, 0.25) is 0 Å². The second-order valence-electron chi connectivity index (χ2n) is 2.96. The van der Waals surface area contributed by atoms with E-state index in [-0.39, 0.29) is 0 Å². The molecule has 0 radical (unpaired) electrons. The zero-order valence-electron chi connectivity index (χ0n) is 7.50. The van der Waals surface area contributed by atoms with Crippen LogP contribution in [0.4, 0.5) is 0 Å². The predicted octanol–water partition coefficient (Wildman–Crippen LogP) is 1.83. The van der Waals surface area contributed by atoms with Gasteiger partial charge in [0.2, 0.25) is 0 Å². The third kappa shape index (κ3) is 2.46. The van der Waals surface area contributed by atoms with Gasteiger partial charge in [-0.2, -0.15) is 0 Å². The molecule has 0 aliphatic rings. The van der Waals surface area contributed by atoms with Gasteiger partial charge in [-0.05, 0) is 38.0 Å². The summed E-state index contributed by atoms with van der Waals surface area (Å²) in [6, 6.07) is 4.05. The molecular weight excluding hydrogens is 150 g/mol. The minimum Gasteiger partial charge on any atom is -0.303 e. The van der Waals surface area contributed by atoms with E-state index < -0.39 is 0 Å². The lowest BCUT2D eigenvalue weighted by Gasteiger charge is -2.01. The summed E-state index contributed by atoms with van der Waals surface area (Å²) in [7, 11) is 0. The molecule has 1 aromatic heterocycles. The van der Waals surface area contributed by atoms with Crippen LogP contribution in [0.3, 0.4) is 0 Å². The molecular formula is C10H13NO. The molecule has 0 fully saturated rings. The van der Waals surface area contributed by atoms with Gasteiger partial charge in [-0.15, -0.1) is 0 Å². The van der Waals surface area contributed by atoms with Crippen molar-refractivity contribution >= 4 is 6.29 Å². The number of carbonyl (C=O) groups is 1. The molecule has 0 aliphatic carbocycles. The molecule has 2 nitrogen and oxygen atoms in total. The Morgan fingerprint density at radius 3 is 2.42 bits per heavy atom. The van der Waals surface area contributed by atoms with Crippen molar-refractivity contribution in [2.45, 2.75) is 26.7 Å². The number of pyridine rings is 1. The molecule has 0 atom stereocenters. The quantitative estimate of drug-likeness (QED) is 0.636. The molecule has 0 saturated carbocycles. The summed E-state index contributed by atoms with van der Waals surface area (Å²) in [5.74, 6) is 0. The highest BCUT2D eigenvalue weighted by molar-refractivity contribution is 5.50. The molecule has 0 spiro atoms. The van der Waals surface area contributed by atoms with Crippen molar-refractivity contribution in [3.63, 3.8) is 0 Å². The summed E-state index contributed by atoms with van der Waals surface area (Å²) >= 11 is 0. The van der Waals surface area contributed by atoms with Crippen LogP contribution in [-0.4, -0.2) is 11.3 Å². The van der Waals surface area contributed by atoms with E-state index in [9.17, 15) is 4.79 Å². The number of carbonyl (C=O) groups excluding carboxylic acids is 1. The van der Waals surface area contributed by atoms with Crippen molar-refractivity contribution in [2.75, 3.05) is 0 Å². The number of nitrogens with zero attached hydrogens (tertiary/aromatic N) is 1. The van der Waals surface area contributed by atoms with E-state index in [1.54, 1.807) is 0 Å². The van der Waals surface area contributed by atoms with Crippen LogP contribution in [0.5, 0.6) is 0 Å². The maximum Gasteiger partial charge on any atom is 0.120 e. The van der Waals surface area contributed by atoms with Gasteiger partial charge in [0.1, 0.15) is 6.29 Å². The van der Waals surface area contributed by atoms with Gasteiger partial charge >= 0.3 is 0 Å². The lowest BCUT2D eigenvalue weighted by molar-refractivity contribution is -0.107. The monoisotopic (exact) mass is 163 g/mol. The fourth-order valence-electron chi connectivity index (χ4n) is 1.29. The van der Waals surface area contributed by atoms with Gasteiger partial charge in [-0.25, -0.2) is 0 Å². The first-order valence-corrected chi connectivity index (χ1v) is 4.10. The lowest BCUT2D eigenvalue weighted by atomic mass is 10.1. The first-order chi connectivity index (χ1) is 5.72. The summed E-state index contributed by atoms with van der Waals surface area (Å²) in [6.45, 7) is 3.94. The third-order valence-electron chi connectivity index (χ3n) is 1.69. The van der Waals surface area contributed by atoms with Gasteiger partial charge < -0.3 is 4.79 Å². The van der Waals surface area contributed by atoms with Crippen LogP contribution in [-0.2, 0) is 11.2 Å². The predicted molar refractivity (Wildman–Crippen MR) is 48.1 cm³/mol. The molecule has 1 aromatic rings. The fourth-order valence-corrected chi connectivity index (χ4v) is 1.29. The van der Waals surface area contributed by atoms with Crippen molar-refractivity contribution in [3.05, 3.63) is 29.1 Å². The maximum absolute atomic E-state index is 10.1. The van der Waals surface area contributed by atoms with Gasteiger partial charge in [-0.3, -0.25) is 4.98 Å². The average Bonchev–Trinajstić information content (AvgIpc) is 1.99. The molecule has 0 aliphatic heterocycles. The fraction of sp³-hybridized carbons (Fsp3) is 0.400. The van der Waals surface area contributed by atoms with Crippen molar-refractivity contribution in [3.8, 4) is 0 Å². The molecule has 64 valence electrons. The highest BCUT2D eigenvalue weighted by atomic mass is 16.1. The minimum absolute atomic E-state index is 0.600. The summed E-state index contributed by atoms with van der Waals surface area (Å²) in [5.41, 5.74) is 3.25. The van der Waals surface area contributed by atoms with Crippen molar-refractivity contribution < 1.29 is 4.79 Å². The van der Waals surface area contributed by atoms with Crippen LogP contribution in [0.25, 0.3) is 0 Å². The van der Waals surface area contributed by atoms with Crippen molar-refractivity contribution in [1.29, 1.82) is 0 Å². The van der Waals surface area contributed by atoms with Gasteiger partial charge in [0.05, 0.1) is 0 Å². The molecule has 1 heterocycles. The molecule has 2 heteroatoms. The SMILES string of the molecule is Cc1cc(CCC=O)cc(C)n1. The minimum atomic E-state index is 0.600. The Labute approximate surface area is 72.6 Å². The zero-order chi connectivity index (χ0) is 8.97. The molecule has 0 N–H and O–H groups in total. The molecule has 1 rings (SSSR count). The second-order valence-corrected chi connectivity index (χ2v) is 2.96. The normalized spacial score (nSPS) is 9.83. The Balaban J connectivity index is 2.78. The molecule has 0 aromatic carbocycles. The Morgan fingerprint density at radius 2 is 1.92 bits per heavy atom. The Kier molecular flexibility index (Phi) is 2.97. The number of aryl methyl sites for hydroxylation is 3. The summed E-state index contributed by atoms with van der Waals surface area (Å²) in [6.07, 6.45) is 2.38. The molecule has 0 saturated heterocycles. The standard InChI is InChI=1S/C10H13NO/c1-8-6-10(4-3-5-12)7-9(2)11-8/h5-7H,3-4H2,1-2H3. The van der Waals surface area contributed by atoms with E-state index in [1.807, 2.05) is 26.0 Å². The van der Waals surface area contributed by atoms with E-state index in [1.165, 1.54) is 5.56 Å². The van der Waals surface area contributed by atoms with Gasteiger partial charge in [0.15, 0.2) is 0 Å². The maximum atomic E-state index is 10.1. The molecule has 12 heavy (non-hydrogen) atoms. The summed E-state index contributed by atoms with van der Waals surface area (Å²) < 4.78 is 0. The first-order valence-electron chi connectivity index (χ1n) is 4.10. The van der Waals surface area contributed by atoms with Crippen molar-refractivity contribution in [2.24, 2.45) is 0 Å². The first kappa shape index (κ1) is 8.91. The van der Waals surface area contributed by atoms with E-state index >= 15 is 0 Å². The van der Waals surface area contributed by atoms with Crippen LogP contribution < -0.4 is 0 Å². The van der Waals surface area contributed by atoms with E-state index in [4.69, 9.17) is 0 Å². The summed E-state index contributed by atoms with van der Waals surface area (Å²) in [5, 5.41) is 0. The highest BCUT2D eigenvalue weighted by Gasteiger charge is 1.95. The Hall–Kier alpha value is -1.18. The van der Waals surface area contributed by atoms with Crippen LogP contribution >= 0.6 is 0 Å². The van der Waals surface area contributed by atoms with E-state index in [0.717, 1.165) is 24.1 Å². The smallest absolute Gasteiger partial charge is 0.120 e. The van der Waals surface area contributed by atoms with Crippen LogP contribution in [0, 0.1) is 13.8 Å². The topological polar surface area (TPSA) is 30.0 Å². The number of rotatable bonds is 3. The molecule has 0 unspecified atom stereocenters. The van der Waals surface area contributed by atoms with Gasteiger partial charge in [0, 0.05) is 17.8 Å². The van der Waals surface area contributed by atoms with Gasteiger partial charge in [0.25, 0.3) is 0 Å². The van der Waals surface area contributed by atoms with E-state index in [0.29, 0.717) is 6.42 Å². The molecule has 0 amide bonds. The average molecular weight is 163 g/mol. The van der Waals surface area contributed by atoms with E-state index in [2.05, 4.69) is 4.98 Å². The highest BCUT2D eigenvalue weighted by Crippen LogP contribution is 2.06. The molecule has 0 bridgehead atoms. The largest absolute Gasteiger partial charge is 0.303 e. The third-order valence-corrected chi connectivity index (χ3v) is 1.69. The van der Waals surface area contributed by atoms with Crippen LogP contribution in [0.1, 0.15) is 23.4 Å². The number of aromatic nitrogens is 1. The summed E-state index contributed by atoms with van der Waals surface area (Å²) in [4.78, 5) is 14.4. The second kappa shape index (κ2) is 4.00. The Morgan fingerprint density at radius 1 is 1.33 bits per heavy atom. The number of hydrogen-bond acceptors (Lipinski definition) is 2. The zero-order valence-corrected chi connectivity index (χ0v) is 7.50. The number of aldehydes is 1. The Bertz CT molecular complexity index is 261. The van der Waals surface area contributed by atoms with Crippen LogP contribution in [0.15, 0.2) is 12.1 Å². The van der Waals surface area contributed by atoms with Gasteiger partial charge in [-0.1, -0.05) is 0 Å². The lowest BCUT2D eigenvalue weighted by Crippen LogP contribution is -1.92. The van der Waals surface area contributed by atoms with Crippen molar-refractivity contribution in [1.82, 2.24) is 4.98 Å².